The molecule has 2 heterocycles. The summed E-state index contributed by atoms with van der Waals surface area (Å²) in [5.41, 5.74) is 5.59. The molecular formula is C21H18N4. The molecule has 4 nitrogen and oxygen atoms in total. The van der Waals surface area contributed by atoms with Crippen molar-refractivity contribution in [3.8, 4) is 0 Å². The van der Waals surface area contributed by atoms with Crippen LogP contribution in [0.15, 0.2) is 88.1 Å². The van der Waals surface area contributed by atoms with Gasteiger partial charge in [-0.3, -0.25) is 4.99 Å². The monoisotopic (exact) mass is 326 g/mol. The van der Waals surface area contributed by atoms with E-state index in [0.29, 0.717) is 0 Å². The lowest BCUT2D eigenvalue weighted by atomic mass is 9.80. The molecule has 4 heteroatoms. The maximum absolute atomic E-state index is 4.89. The minimum absolute atomic E-state index is 0.00855. The first kappa shape index (κ1) is 14.3. The standard InChI is InChI=1S/C21H18N4/c1-2-8-15(9-3-1)19-13-18(20-21(22-19)24-25-23-20)17-12-6-10-14-7-4-5-11-16(14)17/h1-12,18-20H,13H2,(H,22,23,24)/t18-,19+,20-/m1/s1. The molecule has 3 atom stereocenters. The quantitative estimate of drug-likeness (QED) is 0.722. The Morgan fingerprint density at radius 2 is 1.64 bits per heavy atom. The van der Waals surface area contributed by atoms with Gasteiger partial charge in [0.2, 0.25) is 0 Å². The molecule has 25 heavy (non-hydrogen) atoms. The number of hydrogen-bond donors (Lipinski definition) is 1. The van der Waals surface area contributed by atoms with Crippen LogP contribution in [0.5, 0.6) is 0 Å². The number of fused-ring (bicyclic) bond motifs is 2. The Balaban J connectivity index is 1.63. The van der Waals surface area contributed by atoms with Crippen LogP contribution in [-0.4, -0.2) is 11.9 Å². The van der Waals surface area contributed by atoms with Gasteiger partial charge in [-0.05, 0) is 28.3 Å². The molecule has 0 bridgehead atoms. The lowest BCUT2D eigenvalue weighted by Gasteiger charge is -2.30. The third-order valence-electron chi connectivity index (χ3n) is 5.19. The first-order valence-electron chi connectivity index (χ1n) is 8.66. The number of rotatable bonds is 2. The van der Waals surface area contributed by atoms with Gasteiger partial charge >= 0.3 is 0 Å². The van der Waals surface area contributed by atoms with E-state index in [1.165, 1.54) is 21.9 Å². The molecule has 0 fully saturated rings. The highest BCUT2D eigenvalue weighted by atomic mass is 15.5. The van der Waals surface area contributed by atoms with Gasteiger partial charge in [0, 0.05) is 5.92 Å². The van der Waals surface area contributed by atoms with Crippen LogP contribution in [0, 0.1) is 0 Å². The van der Waals surface area contributed by atoms with Crippen LogP contribution in [0.3, 0.4) is 0 Å². The molecule has 122 valence electrons. The summed E-state index contributed by atoms with van der Waals surface area (Å²) >= 11 is 0. The smallest absolute Gasteiger partial charge is 0.146 e. The summed E-state index contributed by atoms with van der Waals surface area (Å²) in [5, 5.41) is 11.1. The highest BCUT2D eigenvalue weighted by Gasteiger charge is 2.38. The maximum atomic E-state index is 4.89. The number of nitrogens with zero attached hydrogens (tertiary/aromatic N) is 3. The Morgan fingerprint density at radius 1 is 0.840 bits per heavy atom. The predicted molar refractivity (Wildman–Crippen MR) is 99.7 cm³/mol. The normalized spacial score (nSPS) is 24.6. The molecule has 0 saturated carbocycles. The van der Waals surface area contributed by atoms with Crippen molar-refractivity contribution in [1.82, 2.24) is 5.43 Å². The Morgan fingerprint density at radius 3 is 2.56 bits per heavy atom. The minimum Gasteiger partial charge on any atom is -0.261 e. The fraction of sp³-hybridized carbons (Fsp3) is 0.190. The van der Waals surface area contributed by atoms with Crippen LogP contribution < -0.4 is 5.43 Å². The van der Waals surface area contributed by atoms with Crippen molar-refractivity contribution in [2.75, 3.05) is 0 Å². The molecular weight excluding hydrogens is 308 g/mol. The second-order valence-corrected chi connectivity index (χ2v) is 6.62. The summed E-state index contributed by atoms with van der Waals surface area (Å²) in [7, 11) is 0. The molecule has 0 unspecified atom stereocenters. The molecule has 0 aromatic heterocycles. The molecule has 0 amide bonds. The van der Waals surface area contributed by atoms with E-state index in [-0.39, 0.29) is 18.0 Å². The molecule has 2 aliphatic heterocycles. The van der Waals surface area contributed by atoms with Crippen molar-refractivity contribution in [2.45, 2.75) is 24.4 Å². The average Bonchev–Trinajstić information content (AvgIpc) is 3.16. The summed E-state index contributed by atoms with van der Waals surface area (Å²) in [6.45, 7) is 0. The van der Waals surface area contributed by atoms with Crippen molar-refractivity contribution in [3.05, 3.63) is 83.9 Å². The Labute approximate surface area is 146 Å². The van der Waals surface area contributed by atoms with Gasteiger partial charge in [-0.1, -0.05) is 78.0 Å². The first-order valence-corrected chi connectivity index (χ1v) is 8.66. The zero-order chi connectivity index (χ0) is 16.6. The Hall–Kier alpha value is -3.01. The molecule has 0 saturated heterocycles. The van der Waals surface area contributed by atoms with Gasteiger partial charge in [-0.15, -0.1) is 0 Å². The van der Waals surface area contributed by atoms with Crippen molar-refractivity contribution >= 4 is 16.6 Å². The van der Waals surface area contributed by atoms with Gasteiger partial charge in [0.25, 0.3) is 0 Å². The van der Waals surface area contributed by atoms with Crippen LogP contribution in [-0.2, 0) is 0 Å². The SMILES string of the molecule is c1ccc([C@@H]2C[C@H](c3cccc4ccccc34)[C@H]3N=NNC3=N2)cc1. The Kier molecular flexibility index (Phi) is 3.33. The molecule has 5 rings (SSSR count). The van der Waals surface area contributed by atoms with Crippen molar-refractivity contribution < 1.29 is 0 Å². The van der Waals surface area contributed by atoms with Gasteiger partial charge in [-0.25, -0.2) is 5.43 Å². The molecule has 3 aromatic rings. The van der Waals surface area contributed by atoms with E-state index >= 15 is 0 Å². The van der Waals surface area contributed by atoms with E-state index in [2.05, 4.69) is 82.5 Å². The average molecular weight is 326 g/mol. The summed E-state index contributed by atoms with van der Waals surface area (Å²) in [5.74, 6) is 1.15. The molecule has 0 aliphatic carbocycles. The fourth-order valence-corrected chi connectivity index (χ4v) is 3.99. The Bertz CT molecular complexity index is 972. The summed E-state index contributed by atoms with van der Waals surface area (Å²) in [6, 6.07) is 25.7. The zero-order valence-corrected chi connectivity index (χ0v) is 13.7. The fourth-order valence-electron chi connectivity index (χ4n) is 3.99. The number of hydrogen-bond acceptors (Lipinski definition) is 4. The highest BCUT2D eigenvalue weighted by molar-refractivity contribution is 5.92. The van der Waals surface area contributed by atoms with E-state index in [0.717, 1.165) is 12.3 Å². The van der Waals surface area contributed by atoms with Gasteiger partial charge in [0.05, 0.1) is 6.04 Å². The lowest BCUT2D eigenvalue weighted by molar-refractivity contribution is 0.492. The number of aliphatic imine (C=N–C) groups is 1. The third-order valence-corrected chi connectivity index (χ3v) is 5.19. The highest BCUT2D eigenvalue weighted by Crippen LogP contribution is 2.42. The number of amidine groups is 1. The van der Waals surface area contributed by atoms with Gasteiger partial charge in [0.1, 0.15) is 11.9 Å². The van der Waals surface area contributed by atoms with Gasteiger partial charge in [0.15, 0.2) is 0 Å². The van der Waals surface area contributed by atoms with Crippen LogP contribution in [0.2, 0.25) is 0 Å². The number of nitrogens with one attached hydrogen (secondary N) is 1. The second kappa shape index (κ2) is 5.81. The third kappa shape index (κ3) is 2.41. The topological polar surface area (TPSA) is 49.1 Å². The van der Waals surface area contributed by atoms with Crippen LogP contribution in [0.25, 0.3) is 10.8 Å². The molecule has 0 spiro atoms. The molecule has 1 N–H and O–H groups in total. The maximum Gasteiger partial charge on any atom is 0.146 e. The molecule has 3 aromatic carbocycles. The minimum atomic E-state index is -0.00855. The first-order chi connectivity index (χ1) is 12.4. The van der Waals surface area contributed by atoms with E-state index in [4.69, 9.17) is 4.99 Å². The largest absolute Gasteiger partial charge is 0.261 e. The van der Waals surface area contributed by atoms with E-state index < -0.39 is 0 Å². The zero-order valence-electron chi connectivity index (χ0n) is 13.7. The van der Waals surface area contributed by atoms with Gasteiger partial charge in [-0.2, -0.15) is 5.11 Å². The van der Waals surface area contributed by atoms with Gasteiger partial charge < -0.3 is 0 Å². The summed E-state index contributed by atoms with van der Waals surface area (Å²) in [4.78, 5) is 4.89. The predicted octanol–water partition coefficient (Wildman–Crippen LogP) is 4.81. The second-order valence-electron chi connectivity index (χ2n) is 6.62. The summed E-state index contributed by atoms with van der Waals surface area (Å²) < 4.78 is 0. The lowest BCUT2D eigenvalue weighted by Crippen LogP contribution is -2.35. The number of benzene rings is 3. The van der Waals surface area contributed by atoms with Crippen LogP contribution in [0.4, 0.5) is 0 Å². The van der Waals surface area contributed by atoms with Crippen LogP contribution in [0.1, 0.15) is 29.5 Å². The van der Waals surface area contributed by atoms with Crippen LogP contribution >= 0.6 is 0 Å². The van der Waals surface area contributed by atoms with Crippen molar-refractivity contribution in [3.63, 3.8) is 0 Å². The van der Waals surface area contributed by atoms with E-state index in [9.17, 15) is 0 Å². The van der Waals surface area contributed by atoms with E-state index in [1.807, 2.05) is 6.07 Å². The van der Waals surface area contributed by atoms with Crippen molar-refractivity contribution in [1.29, 1.82) is 0 Å². The molecule has 0 radical (unpaired) electrons. The van der Waals surface area contributed by atoms with E-state index in [1.54, 1.807) is 0 Å². The van der Waals surface area contributed by atoms with Crippen molar-refractivity contribution in [2.24, 2.45) is 15.3 Å². The summed E-state index contributed by atoms with van der Waals surface area (Å²) in [6.07, 6.45) is 0.937. The molecule has 2 aliphatic rings.